The van der Waals surface area contributed by atoms with E-state index in [0.29, 0.717) is 37.4 Å². The fourth-order valence-electron chi connectivity index (χ4n) is 2.63. The van der Waals surface area contributed by atoms with Crippen molar-refractivity contribution in [1.29, 1.82) is 0 Å². The van der Waals surface area contributed by atoms with Crippen molar-refractivity contribution in [2.75, 3.05) is 26.3 Å². The Labute approximate surface area is 151 Å². The summed E-state index contributed by atoms with van der Waals surface area (Å²) in [5.41, 5.74) is 0.689. The fraction of sp³-hybridized carbons (Fsp3) is 0.278. The molecule has 1 heterocycles. The summed E-state index contributed by atoms with van der Waals surface area (Å²) in [5, 5.41) is 2.62. The summed E-state index contributed by atoms with van der Waals surface area (Å²) in [6.07, 6.45) is 0. The van der Waals surface area contributed by atoms with Crippen LogP contribution in [0.4, 0.5) is 4.39 Å². The topological polar surface area (TPSA) is 75.7 Å². The van der Waals surface area contributed by atoms with E-state index in [1.807, 2.05) is 0 Å². The Bertz CT molecular complexity index is 878. The molecule has 2 aromatic rings. The molecule has 6 nitrogen and oxygen atoms in total. The summed E-state index contributed by atoms with van der Waals surface area (Å²) in [4.78, 5) is 12.3. The van der Waals surface area contributed by atoms with E-state index in [2.05, 4.69) is 5.32 Å². The monoisotopic (exact) mass is 378 g/mol. The molecule has 0 unspecified atom stereocenters. The Morgan fingerprint density at radius 3 is 2.38 bits per heavy atom. The molecule has 1 N–H and O–H groups in total. The number of halogens is 1. The highest BCUT2D eigenvalue weighted by Crippen LogP contribution is 2.18. The molecule has 1 fully saturated rings. The van der Waals surface area contributed by atoms with Gasteiger partial charge in [-0.25, -0.2) is 12.8 Å². The first-order valence-corrected chi connectivity index (χ1v) is 9.62. The van der Waals surface area contributed by atoms with Gasteiger partial charge < -0.3 is 10.1 Å². The van der Waals surface area contributed by atoms with E-state index in [0.717, 1.165) is 0 Å². The molecule has 0 bridgehead atoms. The number of sulfonamides is 1. The minimum absolute atomic E-state index is 0.0549. The molecule has 26 heavy (non-hydrogen) atoms. The second kappa shape index (κ2) is 7.94. The van der Waals surface area contributed by atoms with Crippen LogP contribution in [0.5, 0.6) is 0 Å². The van der Waals surface area contributed by atoms with Gasteiger partial charge in [0.2, 0.25) is 10.0 Å². The highest BCUT2D eigenvalue weighted by molar-refractivity contribution is 7.89. The zero-order valence-corrected chi connectivity index (χ0v) is 14.8. The van der Waals surface area contributed by atoms with Crippen LogP contribution in [0, 0.1) is 5.82 Å². The molecule has 2 aromatic carbocycles. The minimum Gasteiger partial charge on any atom is -0.379 e. The Kier molecular flexibility index (Phi) is 5.65. The number of nitrogens with zero attached hydrogens (tertiary/aromatic N) is 1. The van der Waals surface area contributed by atoms with E-state index in [9.17, 15) is 17.6 Å². The lowest BCUT2D eigenvalue weighted by molar-refractivity contribution is 0.0730. The molecule has 1 saturated heterocycles. The number of nitrogens with one attached hydrogen (secondary N) is 1. The van der Waals surface area contributed by atoms with Gasteiger partial charge >= 0.3 is 0 Å². The van der Waals surface area contributed by atoms with Crippen LogP contribution in [-0.2, 0) is 21.3 Å². The van der Waals surface area contributed by atoms with Gasteiger partial charge in [0.05, 0.1) is 18.1 Å². The van der Waals surface area contributed by atoms with Crippen LogP contribution in [0.1, 0.15) is 15.9 Å². The largest absolute Gasteiger partial charge is 0.379 e. The summed E-state index contributed by atoms with van der Waals surface area (Å²) >= 11 is 0. The lowest BCUT2D eigenvalue weighted by Crippen LogP contribution is -2.40. The van der Waals surface area contributed by atoms with Crippen molar-refractivity contribution in [2.45, 2.75) is 11.4 Å². The summed E-state index contributed by atoms with van der Waals surface area (Å²) in [5.74, 6) is -0.789. The summed E-state index contributed by atoms with van der Waals surface area (Å²) in [7, 11) is -3.59. The van der Waals surface area contributed by atoms with Crippen molar-refractivity contribution < 1.29 is 22.3 Å². The average molecular weight is 378 g/mol. The van der Waals surface area contributed by atoms with Crippen LogP contribution in [0.15, 0.2) is 53.4 Å². The molecule has 0 aliphatic carbocycles. The van der Waals surface area contributed by atoms with E-state index >= 15 is 0 Å². The van der Waals surface area contributed by atoms with E-state index in [1.165, 1.54) is 34.6 Å². The van der Waals surface area contributed by atoms with E-state index < -0.39 is 15.9 Å². The fourth-order valence-corrected chi connectivity index (χ4v) is 4.04. The van der Waals surface area contributed by atoms with E-state index in [1.54, 1.807) is 18.2 Å². The maximum Gasteiger partial charge on any atom is 0.251 e. The van der Waals surface area contributed by atoms with Gasteiger partial charge in [0.25, 0.3) is 5.91 Å². The van der Waals surface area contributed by atoms with Crippen LogP contribution in [0.2, 0.25) is 0 Å². The summed E-state index contributed by atoms with van der Waals surface area (Å²) < 4.78 is 45.2. The number of hydrogen-bond acceptors (Lipinski definition) is 4. The third kappa shape index (κ3) is 4.09. The van der Waals surface area contributed by atoms with Gasteiger partial charge in [-0.1, -0.05) is 18.2 Å². The number of carbonyl (C=O) groups excluding carboxylic acids is 1. The Morgan fingerprint density at radius 2 is 1.73 bits per heavy atom. The zero-order chi connectivity index (χ0) is 18.6. The van der Waals surface area contributed by atoms with Gasteiger partial charge in [0.15, 0.2) is 0 Å². The van der Waals surface area contributed by atoms with Gasteiger partial charge in [-0.2, -0.15) is 4.31 Å². The highest BCUT2D eigenvalue weighted by atomic mass is 32.2. The molecule has 3 rings (SSSR count). The van der Waals surface area contributed by atoms with Gasteiger partial charge in [-0.15, -0.1) is 0 Å². The second-order valence-electron chi connectivity index (χ2n) is 5.81. The second-order valence-corrected chi connectivity index (χ2v) is 7.75. The minimum atomic E-state index is -3.59. The molecule has 0 saturated carbocycles. The van der Waals surface area contributed by atoms with Gasteiger partial charge in [-0.05, 0) is 30.3 Å². The van der Waals surface area contributed by atoms with Gasteiger partial charge in [0, 0.05) is 30.8 Å². The first kappa shape index (κ1) is 18.5. The van der Waals surface area contributed by atoms with Crippen LogP contribution >= 0.6 is 0 Å². The summed E-state index contributed by atoms with van der Waals surface area (Å²) in [6.45, 7) is 1.42. The van der Waals surface area contributed by atoms with Crippen molar-refractivity contribution in [1.82, 2.24) is 9.62 Å². The molecule has 8 heteroatoms. The normalized spacial score (nSPS) is 15.6. The van der Waals surface area contributed by atoms with Gasteiger partial charge in [-0.3, -0.25) is 4.79 Å². The maximum absolute atomic E-state index is 13.6. The van der Waals surface area contributed by atoms with Crippen molar-refractivity contribution >= 4 is 15.9 Å². The molecular weight excluding hydrogens is 359 g/mol. The molecule has 1 aliphatic heterocycles. The Balaban J connectivity index is 1.67. The lowest BCUT2D eigenvalue weighted by Gasteiger charge is -2.26. The quantitative estimate of drug-likeness (QED) is 0.861. The van der Waals surface area contributed by atoms with Crippen molar-refractivity contribution in [2.24, 2.45) is 0 Å². The average Bonchev–Trinajstić information content (AvgIpc) is 2.68. The lowest BCUT2D eigenvalue weighted by atomic mass is 10.2. The summed E-state index contributed by atoms with van der Waals surface area (Å²) in [6, 6.07) is 11.9. The molecule has 1 amide bonds. The van der Waals surface area contributed by atoms with Crippen LogP contribution in [-0.4, -0.2) is 44.9 Å². The van der Waals surface area contributed by atoms with Crippen molar-refractivity contribution in [3.05, 3.63) is 65.5 Å². The number of benzene rings is 2. The van der Waals surface area contributed by atoms with E-state index in [4.69, 9.17) is 4.74 Å². The standard InChI is InChI=1S/C18H19FN2O4S/c19-17-4-2-1-3-15(17)13-20-18(22)14-5-7-16(8-6-14)26(23,24)21-9-11-25-12-10-21/h1-8H,9-13H2,(H,20,22). The van der Waals surface area contributed by atoms with Crippen LogP contribution in [0.3, 0.4) is 0 Å². The third-order valence-corrected chi connectivity index (χ3v) is 6.03. The number of amides is 1. The SMILES string of the molecule is O=C(NCc1ccccc1F)c1ccc(S(=O)(=O)N2CCOCC2)cc1. The number of carbonyl (C=O) groups is 1. The molecule has 0 radical (unpaired) electrons. The zero-order valence-electron chi connectivity index (χ0n) is 14.0. The predicted molar refractivity (Wildman–Crippen MR) is 93.6 cm³/mol. The Morgan fingerprint density at radius 1 is 1.08 bits per heavy atom. The Hall–Kier alpha value is -2.29. The first-order valence-electron chi connectivity index (χ1n) is 8.18. The van der Waals surface area contributed by atoms with Gasteiger partial charge in [0.1, 0.15) is 5.82 Å². The first-order chi connectivity index (χ1) is 12.5. The van der Waals surface area contributed by atoms with Crippen molar-refractivity contribution in [3.8, 4) is 0 Å². The molecular formula is C18H19FN2O4S. The molecule has 138 valence electrons. The number of rotatable bonds is 5. The molecule has 0 spiro atoms. The molecule has 0 aromatic heterocycles. The molecule has 1 aliphatic rings. The number of morpholine rings is 1. The number of hydrogen-bond donors (Lipinski definition) is 1. The third-order valence-electron chi connectivity index (χ3n) is 4.12. The predicted octanol–water partition coefficient (Wildman–Crippen LogP) is 1.78. The smallest absolute Gasteiger partial charge is 0.251 e. The number of ether oxygens (including phenoxy) is 1. The highest BCUT2D eigenvalue weighted by Gasteiger charge is 2.26. The van der Waals surface area contributed by atoms with Crippen molar-refractivity contribution in [3.63, 3.8) is 0 Å². The van der Waals surface area contributed by atoms with E-state index in [-0.39, 0.29) is 17.3 Å². The maximum atomic E-state index is 13.6. The van der Waals surface area contributed by atoms with Crippen LogP contribution in [0.25, 0.3) is 0 Å². The molecule has 0 atom stereocenters. The van der Waals surface area contributed by atoms with Crippen LogP contribution < -0.4 is 5.32 Å².